The summed E-state index contributed by atoms with van der Waals surface area (Å²) in [5.41, 5.74) is 2.46. The second kappa shape index (κ2) is 8.63. The summed E-state index contributed by atoms with van der Waals surface area (Å²) in [6, 6.07) is 21.4. The largest absolute Gasteiger partial charge is 0.385 e. The highest BCUT2D eigenvalue weighted by Gasteiger charge is 2.36. The molecule has 136 valence electrons. The van der Waals surface area contributed by atoms with E-state index in [1.807, 2.05) is 83.9 Å². The summed E-state index contributed by atoms with van der Waals surface area (Å²) in [5.74, 6) is 3.04. The van der Waals surface area contributed by atoms with Crippen molar-refractivity contribution in [3.8, 4) is 0 Å². The van der Waals surface area contributed by atoms with Crippen LogP contribution in [0.3, 0.4) is 0 Å². The number of pyridine rings is 1. The zero-order valence-corrected chi connectivity index (χ0v) is 16.5. The van der Waals surface area contributed by atoms with Crippen LogP contribution in [0.25, 0.3) is 0 Å². The van der Waals surface area contributed by atoms with Crippen LogP contribution in [-0.2, 0) is 9.93 Å². The number of hydrogen-bond acceptors (Lipinski definition) is 4. The minimum absolute atomic E-state index is 0.0637. The Labute approximate surface area is 166 Å². The molecule has 1 N–H and O–H groups in total. The van der Waals surface area contributed by atoms with Crippen LogP contribution in [0.5, 0.6) is 0 Å². The van der Waals surface area contributed by atoms with E-state index in [-0.39, 0.29) is 15.7 Å². The average Bonchev–Trinajstić information content (AvgIpc) is 3.22. The molecule has 5 heteroatoms. The molecule has 1 aliphatic heterocycles. The first-order valence-electron chi connectivity index (χ1n) is 8.97. The molecule has 1 aromatic heterocycles. The van der Waals surface area contributed by atoms with E-state index >= 15 is 0 Å². The number of hydrogen-bond donors (Lipinski definition) is 1. The Hall–Kier alpha value is -2.24. The van der Waals surface area contributed by atoms with Gasteiger partial charge in [0.15, 0.2) is 10.7 Å². The summed E-state index contributed by atoms with van der Waals surface area (Å²) in [6.45, 7) is 0.930. The van der Waals surface area contributed by atoms with Gasteiger partial charge in [-0.1, -0.05) is 42.5 Å². The van der Waals surface area contributed by atoms with E-state index < -0.39 is 0 Å². The molecule has 2 atom stereocenters. The normalized spacial score (nSPS) is 19.0. The molecule has 1 saturated heterocycles. The van der Waals surface area contributed by atoms with Gasteiger partial charge >= 0.3 is 0 Å². The van der Waals surface area contributed by atoms with Crippen LogP contribution in [0, 0.1) is 5.92 Å². The number of carbonyl (C=O) groups excluding carboxylic acids is 1. The summed E-state index contributed by atoms with van der Waals surface area (Å²) in [6.07, 6.45) is 3.82. The first-order valence-corrected chi connectivity index (χ1v) is 11.9. The van der Waals surface area contributed by atoms with Gasteiger partial charge in [-0.2, -0.15) is 0 Å². The summed E-state index contributed by atoms with van der Waals surface area (Å²) < 4.78 is 0. The third kappa shape index (κ3) is 4.54. The van der Waals surface area contributed by atoms with Crippen molar-refractivity contribution >= 4 is 32.2 Å². The lowest BCUT2D eigenvalue weighted by Crippen LogP contribution is -2.18. The summed E-state index contributed by atoms with van der Waals surface area (Å²) >= 11 is 0. The third-order valence-electron chi connectivity index (χ3n) is 4.49. The smallest absolute Gasteiger partial charge is 0.193 e. The second-order valence-corrected chi connectivity index (χ2v) is 10.5. The van der Waals surface area contributed by atoms with Crippen LogP contribution < -0.4 is 5.32 Å². The molecular weight excluding hydrogens is 372 g/mol. The molecule has 3 aromatic rings. The molecule has 27 heavy (non-hydrogen) atoms. The van der Waals surface area contributed by atoms with E-state index in [1.54, 1.807) is 0 Å². The molecule has 1 aliphatic rings. The number of rotatable bonds is 6. The van der Waals surface area contributed by atoms with Crippen molar-refractivity contribution in [1.29, 1.82) is 0 Å². The summed E-state index contributed by atoms with van der Waals surface area (Å²) in [4.78, 5) is 18.2. The fraction of sp³-hybridized carbons (Fsp3) is 0.182. The molecule has 0 saturated carbocycles. The van der Waals surface area contributed by atoms with Crippen molar-refractivity contribution in [2.24, 2.45) is 5.92 Å². The molecule has 3 nitrogen and oxygen atoms in total. The quantitative estimate of drug-likeness (QED) is 0.375. The van der Waals surface area contributed by atoms with Crippen LogP contribution in [0.4, 0.5) is 5.69 Å². The van der Waals surface area contributed by atoms with Crippen LogP contribution in [0.2, 0.25) is 0 Å². The van der Waals surface area contributed by atoms with E-state index in [4.69, 9.17) is 0 Å². The number of carbonyl (C=O) groups is 1. The topological polar surface area (TPSA) is 42.0 Å². The molecule has 2 aromatic carbocycles. The van der Waals surface area contributed by atoms with Gasteiger partial charge in [0.25, 0.3) is 0 Å². The van der Waals surface area contributed by atoms with Gasteiger partial charge in [0.2, 0.25) is 0 Å². The van der Waals surface area contributed by atoms with E-state index in [2.05, 4.69) is 16.4 Å². The predicted molar refractivity (Wildman–Crippen MR) is 115 cm³/mol. The first kappa shape index (κ1) is 18.1. The number of nitrogens with one attached hydrogen (secondary N) is 1. The Balaban J connectivity index is 1.36. The van der Waals surface area contributed by atoms with E-state index in [1.165, 1.54) is 10.6 Å². The third-order valence-corrected chi connectivity index (χ3v) is 9.17. The minimum atomic E-state index is 0.0637. The lowest BCUT2D eigenvalue weighted by Gasteiger charge is -2.10. The number of anilines is 1. The summed E-state index contributed by atoms with van der Waals surface area (Å²) in [7, 11) is 2.28. The molecule has 0 aliphatic carbocycles. The fourth-order valence-corrected chi connectivity index (χ4v) is 7.92. The highest BCUT2D eigenvalue weighted by molar-refractivity contribution is 8.74. The SMILES string of the molecule is O=C(c1ccccc1)c1cccc(NCC2CS[S+](c3cccnc3)C2)c1. The second-order valence-electron chi connectivity index (χ2n) is 6.51. The average molecular weight is 394 g/mol. The molecule has 0 radical (unpaired) electrons. The Kier molecular flexibility index (Phi) is 5.80. The maximum Gasteiger partial charge on any atom is 0.193 e. The van der Waals surface area contributed by atoms with E-state index in [0.717, 1.165) is 29.1 Å². The number of ketones is 1. The first-order chi connectivity index (χ1) is 13.3. The van der Waals surface area contributed by atoms with Crippen molar-refractivity contribution in [3.05, 3.63) is 90.3 Å². The van der Waals surface area contributed by atoms with Crippen LogP contribution in [0.15, 0.2) is 84.0 Å². The monoisotopic (exact) mass is 393 g/mol. The minimum Gasteiger partial charge on any atom is -0.385 e. The molecule has 0 bridgehead atoms. The van der Waals surface area contributed by atoms with Gasteiger partial charge in [0, 0.05) is 35.5 Å². The highest BCUT2D eigenvalue weighted by Crippen LogP contribution is 2.36. The number of nitrogens with zero attached hydrogens (tertiary/aromatic N) is 1. The van der Waals surface area contributed by atoms with Crippen LogP contribution in [-0.4, -0.2) is 28.8 Å². The fourth-order valence-electron chi connectivity index (χ4n) is 3.04. The maximum absolute atomic E-state index is 12.6. The maximum atomic E-state index is 12.6. The van der Waals surface area contributed by atoms with Gasteiger partial charge in [-0.15, -0.1) is 0 Å². The predicted octanol–water partition coefficient (Wildman–Crippen LogP) is 4.68. The molecule has 0 amide bonds. The molecular formula is C22H21N2OS2+. The lowest BCUT2D eigenvalue weighted by atomic mass is 10.0. The van der Waals surface area contributed by atoms with E-state index in [9.17, 15) is 4.79 Å². The van der Waals surface area contributed by atoms with Crippen molar-refractivity contribution in [2.45, 2.75) is 4.90 Å². The van der Waals surface area contributed by atoms with Crippen LogP contribution in [0.1, 0.15) is 15.9 Å². The Morgan fingerprint density at radius 3 is 2.74 bits per heavy atom. The zero-order chi connectivity index (χ0) is 18.5. The Bertz CT molecular complexity index is 902. The molecule has 1 fully saturated rings. The van der Waals surface area contributed by atoms with Gasteiger partial charge in [-0.3, -0.25) is 9.78 Å². The van der Waals surface area contributed by atoms with E-state index in [0.29, 0.717) is 5.92 Å². The Morgan fingerprint density at radius 1 is 1.07 bits per heavy atom. The zero-order valence-electron chi connectivity index (χ0n) is 14.9. The summed E-state index contributed by atoms with van der Waals surface area (Å²) in [5, 5.41) is 3.53. The molecule has 2 unspecified atom stereocenters. The van der Waals surface area contributed by atoms with Gasteiger partial charge in [0.1, 0.15) is 5.75 Å². The molecule has 0 spiro atoms. The Morgan fingerprint density at radius 2 is 1.93 bits per heavy atom. The lowest BCUT2D eigenvalue weighted by molar-refractivity contribution is 0.103. The van der Waals surface area contributed by atoms with Crippen molar-refractivity contribution in [3.63, 3.8) is 0 Å². The standard InChI is InChI=1S/C22H21N2OS2/c25-22(18-6-2-1-3-7-18)19-8-4-9-20(12-19)24-13-17-15-26-27(16-17)21-10-5-11-23-14-21/h1-12,14,17,24H,13,15-16H2/q+1. The number of benzene rings is 2. The van der Waals surface area contributed by atoms with Crippen molar-refractivity contribution in [2.75, 3.05) is 23.4 Å². The highest BCUT2D eigenvalue weighted by atomic mass is 33.1. The van der Waals surface area contributed by atoms with Gasteiger partial charge < -0.3 is 5.32 Å². The molecule has 2 heterocycles. The van der Waals surface area contributed by atoms with Crippen molar-refractivity contribution in [1.82, 2.24) is 4.98 Å². The van der Waals surface area contributed by atoms with Gasteiger partial charge in [0.05, 0.1) is 32.7 Å². The van der Waals surface area contributed by atoms with Crippen molar-refractivity contribution < 1.29 is 4.79 Å². The van der Waals surface area contributed by atoms with Gasteiger partial charge in [-0.25, -0.2) is 0 Å². The number of aromatic nitrogens is 1. The molecule has 4 rings (SSSR count). The van der Waals surface area contributed by atoms with Gasteiger partial charge in [-0.05, 0) is 24.3 Å². The van der Waals surface area contributed by atoms with Crippen LogP contribution >= 0.6 is 10.8 Å².